The average molecular weight is 327 g/mol. The van der Waals surface area contributed by atoms with Crippen molar-refractivity contribution in [2.24, 2.45) is 5.92 Å². The van der Waals surface area contributed by atoms with Crippen molar-refractivity contribution < 1.29 is 31.4 Å². The maximum Gasteiger partial charge on any atom is 0.403 e. The molecule has 0 radical (unpaired) electrons. The maximum absolute atomic E-state index is 12.4. The summed E-state index contributed by atoms with van der Waals surface area (Å²) in [7, 11) is 0. The van der Waals surface area contributed by atoms with Gasteiger partial charge in [0, 0.05) is 15.6 Å². The SMILES string of the molecule is OC(c1cc(Cl)ccc1Cl)C(C(F)(F)F)C(F)(F)F. The first-order valence-corrected chi connectivity index (χ1v) is 5.46. The third kappa shape index (κ3) is 3.90. The molecule has 0 heterocycles. The van der Waals surface area contributed by atoms with Crippen molar-refractivity contribution in [1.82, 2.24) is 0 Å². The minimum Gasteiger partial charge on any atom is -0.387 e. The van der Waals surface area contributed by atoms with E-state index in [0.717, 1.165) is 12.1 Å². The van der Waals surface area contributed by atoms with E-state index in [1.807, 2.05) is 0 Å². The van der Waals surface area contributed by atoms with Gasteiger partial charge in [-0.25, -0.2) is 0 Å². The summed E-state index contributed by atoms with van der Waals surface area (Å²) in [4.78, 5) is 0. The molecule has 0 saturated heterocycles. The van der Waals surface area contributed by atoms with Crippen LogP contribution in [-0.2, 0) is 0 Å². The fourth-order valence-corrected chi connectivity index (χ4v) is 1.87. The quantitative estimate of drug-likeness (QED) is 0.776. The predicted octanol–water partition coefficient (Wildman–Crippen LogP) is 4.77. The monoisotopic (exact) mass is 326 g/mol. The van der Waals surface area contributed by atoms with E-state index in [4.69, 9.17) is 23.2 Å². The highest BCUT2D eigenvalue weighted by molar-refractivity contribution is 6.33. The van der Waals surface area contributed by atoms with E-state index in [2.05, 4.69) is 0 Å². The molecule has 1 unspecified atom stereocenters. The highest BCUT2D eigenvalue weighted by Gasteiger charge is 2.60. The first-order valence-electron chi connectivity index (χ1n) is 4.71. The normalized spacial score (nSPS) is 14.8. The van der Waals surface area contributed by atoms with Gasteiger partial charge in [-0.05, 0) is 18.2 Å². The predicted molar refractivity (Wildman–Crippen MR) is 57.0 cm³/mol. The molecule has 108 valence electrons. The van der Waals surface area contributed by atoms with Crippen LogP contribution in [0.15, 0.2) is 18.2 Å². The van der Waals surface area contributed by atoms with Crippen LogP contribution >= 0.6 is 23.2 Å². The Balaban J connectivity index is 3.28. The highest BCUT2D eigenvalue weighted by atomic mass is 35.5. The first-order chi connectivity index (χ1) is 8.44. The minimum atomic E-state index is -5.66. The van der Waals surface area contributed by atoms with Crippen LogP contribution in [0.4, 0.5) is 26.3 Å². The van der Waals surface area contributed by atoms with Gasteiger partial charge in [0.05, 0.1) is 0 Å². The second kappa shape index (κ2) is 5.38. The van der Waals surface area contributed by atoms with Gasteiger partial charge in [-0.2, -0.15) is 26.3 Å². The number of alkyl halides is 6. The van der Waals surface area contributed by atoms with Crippen molar-refractivity contribution in [1.29, 1.82) is 0 Å². The van der Waals surface area contributed by atoms with Crippen LogP contribution in [0.25, 0.3) is 0 Å². The number of benzene rings is 1. The third-order valence-electron chi connectivity index (χ3n) is 2.30. The van der Waals surface area contributed by atoms with Crippen LogP contribution in [0.2, 0.25) is 10.0 Å². The summed E-state index contributed by atoms with van der Waals surface area (Å²) >= 11 is 10.9. The molecule has 0 saturated carbocycles. The topological polar surface area (TPSA) is 20.2 Å². The van der Waals surface area contributed by atoms with E-state index < -0.39 is 35.0 Å². The standard InChI is InChI=1S/C10H6Cl2F6O/c11-4-1-2-6(12)5(3-4)7(19)8(9(13,14)15)10(16,17)18/h1-3,7-8,19H. The Kier molecular flexibility index (Phi) is 4.64. The Labute approximate surface area is 113 Å². The maximum atomic E-state index is 12.4. The van der Waals surface area contributed by atoms with Gasteiger partial charge in [0.15, 0.2) is 5.92 Å². The zero-order valence-corrected chi connectivity index (χ0v) is 10.4. The molecule has 1 atom stereocenters. The van der Waals surface area contributed by atoms with Gasteiger partial charge in [0.2, 0.25) is 0 Å². The molecule has 0 fully saturated rings. The molecule has 1 rings (SSSR count). The molecule has 9 heteroatoms. The zero-order valence-electron chi connectivity index (χ0n) is 8.86. The summed E-state index contributed by atoms with van der Waals surface area (Å²) in [5.74, 6) is -3.93. The van der Waals surface area contributed by atoms with Gasteiger partial charge in [0.1, 0.15) is 6.10 Å². The van der Waals surface area contributed by atoms with Crippen molar-refractivity contribution in [3.63, 3.8) is 0 Å². The highest BCUT2D eigenvalue weighted by Crippen LogP contribution is 2.47. The van der Waals surface area contributed by atoms with Crippen molar-refractivity contribution in [2.45, 2.75) is 18.5 Å². The lowest BCUT2D eigenvalue weighted by atomic mass is 9.94. The molecule has 0 aliphatic rings. The number of halogens is 8. The van der Waals surface area contributed by atoms with Crippen LogP contribution in [0.5, 0.6) is 0 Å². The van der Waals surface area contributed by atoms with Crippen LogP contribution in [0, 0.1) is 5.92 Å². The fraction of sp³-hybridized carbons (Fsp3) is 0.400. The van der Waals surface area contributed by atoms with Crippen molar-refractivity contribution in [3.8, 4) is 0 Å². The van der Waals surface area contributed by atoms with Crippen molar-refractivity contribution in [2.75, 3.05) is 0 Å². The smallest absolute Gasteiger partial charge is 0.387 e. The third-order valence-corrected chi connectivity index (χ3v) is 2.88. The summed E-state index contributed by atoms with van der Waals surface area (Å²) in [5.41, 5.74) is -0.728. The van der Waals surface area contributed by atoms with E-state index in [1.165, 1.54) is 6.07 Å². The van der Waals surface area contributed by atoms with Gasteiger partial charge in [-0.15, -0.1) is 0 Å². The molecule has 1 aromatic rings. The van der Waals surface area contributed by atoms with Gasteiger partial charge in [-0.3, -0.25) is 0 Å². The Morgan fingerprint density at radius 3 is 1.84 bits per heavy atom. The second-order valence-corrected chi connectivity index (χ2v) is 4.52. The summed E-state index contributed by atoms with van der Waals surface area (Å²) in [6.07, 6.45) is -14.2. The molecule has 0 amide bonds. The van der Waals surface area contributed by atoms with E-state index in [-0.39, 0.29) is 5.02 Å². The van der Waals surface area contributed by atoms with Crippen LogP contribution in [0.1, 0.15) is 11.7 Å². The number of aliphatic hydroxyl groups is 1. The van der Waals surface area contributed by atoms with Gasteiger partial charge < -0.3 is 5.11 Å². The zero-order chi connectivity index (χ0) is 15.0. The van der Waals surface area contributed by atoms with E-state index in [0.29, 0.717) is 0 Å². The molecule has 0 bridgehead atoms. The number of aliphatic hydroxyl groups excluding tert-OH is 1. The lowest BCUT2D eigenvalue weighted by molar-refractivity contribution is -0.307. The molecule has 1 aromatic carbocycles. The lowest BCUT2D eigenvalue weighted by Gasteiger charge is -2.28. The van der Waals surface area contributed by atoms with Crippen LogP contribution in [-0.4, -0.2) is 17.5 Å². The molecular formula is C10H6Cl2F6O. The first kappa shape index (κ1) is 16.4. The lowest BCUT2D eigenvalue weighted by Crippen LogP contribution is -2.41. The Morgan fingerprint density at radius 2 is 1.42 bits per heavy atom. The molecule has 19 heavy (non-hydrogen) atoms. The van der Waals surface area contributed by atoms with Crippen molar-refractivity contribution >= 4 is 23.2 Å². The number of hydrogen-bond acceptors (Lipinski definition) is 1. The number of rotatable bonds is 2. The molecule has 1 N–H and O–H groups in total. The molecule has 0 aliphatic carbocycles. The summed E-state index contributed by atoms with van der Waals surface area (Å²) in [6.45, 7) is 0. The van der Waals surface area contributed by atoms with Crippen LogP contribution in [0.3, 0.4) is 0 Å². The van der Waals surface area contributed by atoms with Crippen molar-refractivity contribution in [3.05, 3.63) is 33.8 Å². The molecule has 1 nitrogen and oxygen atoms in total. The summed E-state index contributed by atoms with van der Waals surface area (Å²) in [5, 5.41) is 8.80. The number of hydrogen-bond donors (Lipinski definition) is 1. The molecule has 0 aliphatic heterocycles. The summed E-state index contributed by atoms with van der Waals surface area (Å²) in [6, 6.07) is 2.95. The van der Waals surface area contributed by atoms with E-state index in [1.54, 1.807) is 0 Å². The summed E-state index contributed by atoms with van der Waals surface area (Å²) < 4.78 is 74.6. The largest absolute Gasteiger partial charge is 0.403 e. The van der Waals surface area contributed by atoms with E-state index in [9.17, 15) is 31.4 Å². The molecule has 0 aromatic heterocycles. The fourth-order valence-electron chi connectivity index (χ4n) is 1.46. The van der Waals surface area contributed by atoms with Gasteiger partial charge >= 0.3 is 12.4 Å². The van der Waals surface area contributed by atoms with Crippen LogP contribution < -0.4 is 0 Å². The second-order valence-electron chi connectivity index (χ2n) is 3.67. The Hall–Kier alpha value is -0.660. The molecular weight excluding hydrogens is 321 g/mol. The average Bonchev–Trinajstić information content (AvgIpc) is 2.17. The molecule has 0 spiro atoms. The Morgan fingerprint density at radius 1 is 0.947 bits per heavy atom. The Bertz CT molecular complexity index is 442. The van der Waals surface area contributed by atoms with Gasteiger partial charge in [-0.1, -0.05) is 23.2 Å². The van der Waals surface area contributed by atoms with E-state index >= 15 is 0 Å². The van der Waals surface area contributed by atoms with Gasteiger partial charge in [0.25, 0.3) is 0 Å². The minimum absolute atomic E-state index is 0.137.